The lowest BCUT2D eigenvalue weighted by molar-refractivity contribution is 0.185. The third kappa shape index (κ3) is 4.76. The van der Waals surface area contributed by atoms with Crippen LogP contribution in [0.25, 0.3) is 0 Å². The Morgan fingerprint density at radius 1 is 1.16 bits per heavy atom. The van der Waals surface area contributed by atoms with Crippen molar-refractivity contribution in [2.75, 3.05) is 11.8 Å². The number of hydrogen-bond donors (Lipinski definition) is 1. The Balaban J connectivity index is 1.76. The zero-order chi connectivity index (χ0) is 17.9. The van der Waals surface area contributed by atoms with Crippen molar-refractivity contribution in [1.29, 1.82) is 0 Å². The third-order valence-corrected chi connectivity index (χ3v) is 7.78. The van der Waals surface area contributed by atoms with Gasteiger partial charge < -0.3 is 0 Å². The number of thiophene rings is 1. The minimum Gasteiger partial charge on any atom is -0.299 e. The van der Waals surface area contributed by atoms with E-state index in [0.717, 1.165) is 23.4 Å². The third-order valence-electron chi connectivity index (χ3n) is 4.69. The van der Waals surface area contributed by atoms with E-state index in [1.807, 2.05) is 24.3 Å². The lowest BCUT2D eigenvalue weighted by Gasteiger charge is -2.31. The maximum atomic E-state index is 12.6. The van der Waals surface area contributed by atoms with Gasteiger partial charge >= 0.3 is 0 Å². The van der Waals surface area contributed by atoms with E-state index in [2.05, 4.69) is 16.7 Å². The summed E-state index contributed by atoms with van der Waals surface area (Å²) in [6.07, 6.45) is 6.32. The van der Waals surface area contributed by atoms with Crippen LogP contribution in [0.4, 0.5) is 5.69 Å². The minimum absolute atomic E-state index is 0.230. The molecule has 0 bridgehead atoms. The fourth-order valence-electron chi connectivity index (χ4n) is 3.31. The van der Waals surface area contributed by atoms with Crippen molar-refractivity contribution in [3.8, 4) is 0 Å². The molecule has 4 nitrogen and oxygen atoms in total. The predicted molar refractivity (Wildman–Crippen MR) is 105 cm³/mol. The molecule has 1 aromatic heterocycles. The number of halogens is 1. The van der Waals surface area contributed by atoms with Crippen molar-refractivity contribution >= 4 is 38.6 Å². The van der Waals surface area contributed by atoms with Crippen molar-refractivity contribution < 1.29 is 8.42 Å². The summed E-state index contributed by atoms with van der Waals surface area (Å²) in [4.78, 5) is 2.34. The zero-order valence-corrected chi connectivity index (χ0v) is 16.6. The molecule has 0 unspecified atom stereocenters. The summed E-state index contributed by atoms with van der Waals surface area (Å²) >= 11 is 6.94. The van der Waals surface area contributed by atoms with Crippen molar-refractivity contribution in [1.82, 2.24) is 4.90 Å². The van der Waals surface area contributed by atoms with Crippen molar-refractivity contribution in [2.24, 2.45) is 0 Å². The van der Waals surface area contributed by atoms with Crippen LogP contribution in [0.3, 0.4) is 0 Å². The van der Waals surface area contributed by atoms with Gasteiger partial charge in [0, 0.05) is 12.6 Å². The summed E-state index contributed by atoms with van der Waals surface area (Å²) < 4.78 is 28.6. The number of rotatable bonds is 6. The number of anilines is 1. The molecule has 0 saturated heterocycles. The first-order valence-electron chi connectivity index (χ1n) is 8.52. The second kappa shape index (κ2) is 8.08. The summed E-state index contributed by atoms with van der Waals surface area (Å²) in [7, 11) is -1.48. The van der Waals surface area contributed by atoms with Crippen LogP contribution in [0.1, 0.15) is 37.7 Å². The Morgan fingerprint density at radius 2 is 1.88 bits per heavy atom. The molecule has 1 fully saturated rings. The molecule has 1 saturated carbocycles. The largest absolute Gasteiger partial charge is 0.299 e. The second-order valence-corrected chi connectivity index (χ2v) is 10.2. The number of benzene rings is 1. The number of hydrogen-bond acceptors (Lipinski definition) is 4. The summed E-state index contributed by atoms with van der Waals surface area (Å²) in [5, 5.41) is 0. The first kappa shape index (κ1) is 18.7. The predicted octanol–water partition coefficient (Wildman–Crippen LogP) is 4.97. The van der Waals surface area contributed by atoms with Gasteiger partial charge in [-0.15, -0.1) is 11.3 Å². The number of nitrogens with zero attached hydrogens (tertiary/aromatic N) is 1. The highest BCUT2D eigenvalue weighted by Gasteiger charge is 2.21. The molecule has 0 aliphatic heterocycles. The van der Waals surface area contributed by atoms with Crippen LogP contribution in [0, 0.1) is 0 Å². The molecular weight excluding hydrogens is 376 g/mol. The zero-order valence-electron chi connectivity index (χ0n) is 14.2. The molecule has 1 aliphatic rings. The van der Waals surface area contributed by atoms with Gasteiger partial charge in [0.05, 0.1) is 10.0 Å². The van der Waals surface area contributed by atoms with Gasteiger partial charge in [0.2, 0.25) is 0 Å². The van der Waals surface area contributed by atoms with Crippen molar-refractivity contribution in [3.05, 3.63) is 46.3 Å². The summed E-state index contributed by atoms with van der Waals surface area (Å²) in [5.74, 6) is 0. The van der Waals surface area contributed by atoms with E-state index in [4.69, 9.17) is 11.6 Å². The molecule has 1 aromatic carbocycles. The molecule has 2 aromatic rings. The van der Waals surface area contributed by atoms with E-state index < -0.39 is 10.0 Å². The lowest BCUT2D eigenvalue weighted by Crippen LogP contribution is -2.33. The Kier molecular flexibility index (Phi) is 6.04. The summed E-state index contributed by atoms with van der Waals surface area (Å²) in [6.45, 7) is 0.731. The standard InChI is InChI=1S/C18H23ClN2O2S2/c1-21(15-8-3-2-4-9-15)13-14-7-5-6-10-16(14)20-25(22,23)18-12-11-17(19)24-18/h5-7,10-12,15,20H,2-4,8-9,13H2,1H3. The van der Waals surface area contributed by atoms with E-state index >= 15 is 0 Å². The van der Waals surface area contributed by atoms with E-state index in [1.54, 1.807) is 6.07 Å². The molecule has 1 N–H and O–H groups in total. The highest BCUT2D eigenvalue weighted by molar-refractivity contribution is 7.94. The van der Waals surface area contributed by atoms with Gasteiger partial charge in [0.25, 0.3) is 10.0 Å². The average molecular weight is 399 g/mol. The van der Waals surface area contributed by atoms with Crippen LogP contribution in [-0.4, -0.2) is 26.4 Å². The first-order valence-corrected chi connectivity index (χ1v) is 11.2. The minimum atomic E-state index is -3.61. The number of para-hydroxylation sites is 1. The Labute approximate surface area is 158 Å². The van der Waals surface area contributed by atoms with Gasteiger partial charge in [0.15, 0.2) is 0 Å². The SMILES string of the molecule is CN(Cc1ccccc1NS(=O)(=O)c1ccc(Cl)s1)C1CCCCC1. The quantitative estimate of drug-likeness (QED) is 0.747. The monoisotopic (exact) mass is 398 g/mol. The topological polar surface area (TPSA) is 49.4 Å². The van der Waals surface area contributed by atoms with E-state index in [-0.39, 0.29) is 4.21 Å². The van der Waals surface area contributed by atoms with Gasteiger partial charge in [-0.2, -0.15) is 0 Å². The maximum Gasteiger partial charge on any atom is 0.271 e. The highest BCUT2D eigenvalue weighted by atomic mass is 35.5. The molecule has 0 spiro atoms. The molecule has 136 valence electrons. The van der Waals surface area contributed by atoms with E-state index in [1.165, 1.54) is 38.2 Å². The van der Waals surface area contributed by atoms with Gasteiger partial charge in [-0.1, -0.05) is 49.1 Å². The Bertz CT molecular complexity index is 814. The van der Waals surface area contributed by atoms with Gasteiger partial charge in [-0.05, 0) is 43.7 Å². The fourth-order valence-corrected chi connectivity index (χ4v) is 5.90. The molecular formula is C18H23ClN2O2S2. The van der Waals surface area contributed by atoms with Crippen LogP contribution in [0.5, 0.6) is 0 Å². The van der Waals surface area contributed by atoms with Gasteiger partial charge in [-0.3, -0.25) is 9.62 Å². The smallest absolute Gasteiger partial charge is 0.271 e. The highest BCUT2D eigenvalue weighted by Crippen LogP contribution is 2.29. The van der Waals surface area contributed by atoms with Gasteiger partial charge in [-0.25, -0.2) is 8.42 Å². The van der Waals surface area contributed by atoms with Crippen molar-refractivity contribution in [3.63, 3.8) is 0 Å². The molecule has 3 rings (SSSR count). The molecule has 7 heteroatoms. The van der Waals surface area contributed by atoms with Crippen LogP contribution in [0.15, 0.2) is 40.6 Å². The van der Waals surface area contributed by atoms with Gasteiger partial charge in [0.1, 0.15) is 4.21 Å². The first-order chi connectivity index (χ1) is 12.0. The molecule has 25 heavy (non-hydrogen) atoms. The van der Waals surface area contributed by atoms with Crippen molar-refractivity contribution in [2.45, 2.75) is 48.9 Å². The normalized spacial score (nSPS) is 16.3. The molecule has 0 radical (unpaired) electrons. The average Bonchev–Trinajstić information content (AvgIpc) is 3.05. The second-order valence-electron chi connectivity index (χ2n) is 6.53. The lowest BCUT2D eigenvalue weighted by atomic mass is 9.94. The molecule has 1 heterocycles. The molecule has 1 aliphatic carbocycles. The number of sulfonamides is 1. The maximum absolute atomic E-state index is 12.6. The van der Waals surface area contributed by atoms with Crippen LogP contribution >= 0.6 is 22.9 Å². The van der Waals surface area contributed by atoms with Crippen LogP contribution < -0.4 is 4.72 Å². The Hall–Kier alpha value is -1.08. The van der Waals surface area contributed by atoms with Crippen LogP contribution in [0.2, 0.25) is 4.34 Å². The van der Waals surface area contributed by atoms with E-state index in [9.17, 15) is 8.42 Å². The van der Waals surface area contributed by atoms with E-state index in [0.29, 0.717) is 16.1 Å². The number of nitrogens with one attached hydrogen (secondary N) is 1. The molecule has 0 atom stereocenters. The summed E-state index contributed by atoms with van der Waals surface area (Å²) in [6, 6.07) is 11.3. The summed E-state index contributed by atoms with van der Waals surface area (Å²) in [5.41, 5.74) is 1.62. The Morgan fingerprint density at radius 3 is 2.56 bits per heavy atom. The molecule has 0 amide bonds. The fraction of sp³-hybridized carbons (Fsp3) is 0.444. The van der Waals surface area contributed by atoms with Crippen LogP contribution in [-0.2, 0) is 16.6 Å².